The second-order valence-electron chi connectivity index (χ2n) is 6.36. The van der Waals surface area contributed by atoms with Gasteiger partial charge in [-0.1, -0.05) is 30.7 Å². The lowest BCUT2D eigenvalue weighted by molar-refractivity contribution is 0.0701. The number of benzene rings is 1. The molecule has 0 spiro atoms. The fourth-order valence-electron chi connectivity index (χ4n) is 4.21. The highest BCUT2D eigenvalue weighted by Crippen LogP contribution is 2.40. The SMILES string of the molecule is NCC(c1ccc(C(F)F)cc1)N1CCCC2CCCC21. The summed E-state index contributed by atoms with van der Waals surface area (Å²) in [4.78, 5) is 2.54. The van der Waals surface area contributed by atoms with Gasteiger partial charge < -0.3 is 5.73 Å². The van der Waals surface area contributed by atoms with Crippen molar-refractivity contribution in [2.75, 3.05) is 13.1 Å². The molecule has 0 radical (unpaired) electrons. The number of nitrogens with zero attached hydrogens (tertiary/aromatic N) is 1. The molecule has 0 bridgehead atoms. The summed E-state index contributed by atoms with van der Waals surface area (Å²) in [5.41, 5.74) is 7.19. The molecule has 1 aliphatic heterocycles. The molecule has 2 nitrogen and oxygen atoms in total. The Morgan fingerprint density at radius 1 is 1.05 bits per heavy atom. The van der Waals surface area contributed by atoms with Crippen molar-refractivity contribution in [3.63, 3.8) is 0 Å². The minimum atomic E-state index is -2.40. The maximum atomic E-state index is 12.7. The van der Waals surface area contributed by atoms with E-state index in [0.29, 0.717) is 12.6 Å². The van der Waals surface area contributed by atoms with E-state index < -0.39 is 6.43 Å². The highest BCUT2D eigenvalue weighted by atomic mass is 19.3. The molecule has 1 heterocycles. The first-order valence-corrected chi connectivity index (χ1v) is 8.04. The van der Waals surface area contributed by atoms with Gasteiger partial charge in [-0.2, -0.15) is 0 Å². The molecule has 3 rings (SSSR count). The molecule has 0 amide bonds. The van der Waals surface area contributed by atoms with E-state index in [-0.39, 0.29) is 11.6 Å². The van der Waals surface area contributed by atoms with Crippen LogP contribution in [0.15, 0.2) is 24.3 Å². The Hall–Kier alpha value is -1.00. The molecule has 3 unspecified atom stereocenters. The van der Waals surface area contributed by atoms with Crippen molar-refractivity contribution < 1.29 is 8.78 Å². The summed E-state index contributed by atoms with van der Waals surface area (Å²) in [6.45, 7) is 1.64. The van der Waals surface area contributed by atoms with Gasteiger partial charge in [0.15, 0.2) is 0 Å². The summed E-state index contributed by atoms with van der Waals surface area (Å²) in [7, 11) is 0. The maximum absolute atomic E-state index is 12.7. The van der Waals surface area contributed by atoms with Crippen LogP contribution >= 0.6 is 0 Å². The number of halogens is 2. The van der Waals surface area contributed by atoms with Gasteiger partial charge in [0.25, 0.3) is 6.43 Å². The van der Waals surface area contributed by atoms with Gasteiger partial charge in [-0.15, -0.1) is 0 Å². The zero-order valence-electron chi connectivity index (χ0n) is 12.3. The van der Waals surface area contributed by atoms with E-state index in [9.17, 15) is 8.78 Å². The van der Waals surface area contributed by atoms with E-state index in [2.05, 4.69) is 4.90 Å². The first-order valence-electron chi connectivity index (χ1n) is 8.04. The molecule has 3 atom stereocenters. The zero-order valence-corrected chi connectivity index (χ0v) is 12.3. The second kappa shape index (κ2) is 6.41. The number of hydrogen-bond acceptors (Lipinski definition) is 2. The molecule has 4 heteroatoms. The van der Waals surface area contributed by atoms with Crippen LogP contribution in [0.2, 0.25) is 0 Å². The van der Waals surface area contributed by atoms with Crippen LogP contribution in [0.4, 0.5) is 8.78 Å². The molecule has 21 heavy (non-hydrogen) atoms. The Balaban J connectivity index is 1.80. The highest BCUT2D eigenvalue weighted by molar-refractivity contribution is 5.26. The van der Waals surface area contributed by atoms with E-state index in [1.165, 1.54) is 32.1 Å². The number of rotatable bonds is 4. The lowest BCUT2D eigenvalue weighted by Crippen LogP contribution is -2.46. The smallest absolute Gasteiger partial charge is 0.263 e. The summed E-state index contributed by atoms with van der Waals surface area (Å²) in [5.74, 6) is 0.813. The van der Waals surface area contributed by atoms with E-state index in [1.54, 1.807) is 12.1 Å². The Bertz CT molecular complexity index is 460. The summed E-state index contributed by atoms with van der Waals surface area (Å²) in [6, 6.07) is 7.55. The van der Waals surface area contributed by atoms with E-state index in [1.807, 2.05) is 12.1 Å². The van der Waals surface area contributed by atoms with Gasteiger partial charge in [0.1, 0.15) is 0 Å². The summed E-state index contributed by atoms with van der Waals surface area (Å²) >= 11 is 0. The van der Waals surface area contributed by atoms with Gasteiger partial charge in [-0.25, -0.2) is 8.78 Å². The predicted octanol–water partition coefficient (Wildman–Crippen LogP) is 3.89. The van der Waals surface area contributed by atoms with Gasteiger partial charge in [0.05, 0.1) is 0 Å². The Morgan fingerprint density at radius 3 is 2.38 bits per heavy atom. The van der Waals surface area contributed by atoms with Crippen molar-refractivity contribution in [2.24, 2.45) is 11.7 Å². The van der Waals surface area contributed by atoms with Gasteiger partial charge in [-0.05, 0) is 43.7 Å². The number of alkyl halides is 2. The minimum absolute atomic E-state index is 0.0897. The predicted molar refractivity (Wildman–Crippen MR) is 80.3 cm³/mol. The molecule has 2 aliphatic rings. The summed E-state index contributed by atoms with van der Waals surface area (Å²) in [5, 5.41) is 0. The van der Waals surface area contributed by atoms with E-state index in [0.717, 1.165) is 18.0 Å². The largest absolute Gasteiger partial charge is 0.329 e. The average molecular weight is 294 g/mol. The third-order valence-electron chi connectivity index (χ3n) is 5.23. The normalized spacial score (nSPS) is 27.8. The lowest BCUT2D eigenvalue weighted by atomic mass is 9.89. The number of likely N-dealkylation sites (tertiary alicyclic amines) is 1. The van der Waals surface area contributed by atoms with Crippen LogP contribution in [0.5, 0.6) is 0 Å². The van der Waals surface area contributed by atoms with Gasteiger partial charge in [0, 0.05) is 24.2 Å². The number of hydrogen-bond donors (Lipinski definition) is 1. The van der Waals surface area contributed by atoms with Gasteiger partial charge >= 0.3 is 0 Å². The number of fused-ring (bicyclic) bond motifs is 1. The van der Waals surface area contributed by atoms with Crippen LogP contribution in [0.3, 0.4) is 0 Å². The van der Waals surface area contributed by atoms with Crippen LogP contribution in [-0.4, -0.2) is 24.0 Å². The van der Waals surface area contributed by atoms with Crippen LogP contribution in [0, 0.1) is 5.92 Å². The summed E-state index contributed by atoms with van der Waals surface area (Å²) < 4.78 is 25.4. The molecule has 1 aromatic rings. The van der Waals surface area contributed by atoms with Crippen molar-refractivity contribution in [3.8, 4) is 0 Å². The fourth-order valence-corrected chi connectivity index (χ4v) is 4.21. The molecule has 2 fully saturated rings. The van der Waals surface area contributed by atoms with Crippen LogP contribution < -0.4 is 5.73 Å². The van der Waals surface area contributed by atoms with Gasteiger partial charge in [-0.3, -0.25) is 4.90 Å². The number of nitrogens with two attached hydrogens (primary N) is 1. The molecular weight excluding hydrogens is 270 g/mol. The average Bonchev–Trinajstić information content (AvgIpc) is 2.98. The Kier molecular flexibility index (Phi) is 4.55. The zero-order chi connectivity index (χ0) is 14.8. The first-order chi connectivity index (χ1) is 10.2. The lowest BCUT2D eigenvalue weighted by Gasteiger charge is -2.42. The second-order valence-corrected chi connectivity index (χ2v) is 6.36. The molecule has 2 N–H and O–H groups in total. The third-order valence-corrected chi connectivity index (χ3v) is 5.23. The molecule has 116 valence electrons. The molecule has 1 aliphatic carbocycles. The molecule has 0 aromatic heterocycles. The minimum Gasteiger partial charge on any atom is -0.329 e. The van der Waals surface area contributed by atoms with Crippen molar-refractivity contribution in [3.05, 3.63) is 35.4 Å². The fraction of sp³-hybridized carbons (Fsp3) is 0.647. The monoisotopic (exact) mass is 294 g/mol. The third kappa shape index (κ3) is 2.97. The quantitative estimate of drug-likeness (QED) is 0.913. The number of piperidine rings is 1. The van der Waals surface area contributed by atoms with Gasteiger partial charge in [0.2, 0.25) is 0 Å². The first kappa shape index (κ1) is 14.9. The van der Waals surface area contributed by atoms with E-state index >= 15 is 0 Å². The van der Waals surface area contributed by atoms with Crippen molar-refractivity contribution >= 4 is 0 Å². The van der Waals surface area contributed by atoms with Crippen LogP contribution in [0.1, 0.15) is 55.7 Å². The molecule has 1 saturated heterocycles. The topological polar surface area (TPSA) is 29.3 Å². The highest BCUT2D eigenvalue weighted by Gasteiger charge is 2.38. The Labute approximate surface area is 125 Å². The van der Waals surface area contributed by atoms with Crippen molar-refractivity contribution in [2.45, 2.75) is 50.6 Å². The molecule has 1 saturated carbocycles. The molecular formula is C17H24F2N2. The summed E-state index contributed by atoms with van der Waals surface area (Å²) in [6.07, 6.45) is 4.08. The maximum Gasteiger partial charge on any atom is 0.263 e. The Morgan fingerprint density at radius 2 is 1.71 bits per heavy atom. The molecule has 1 aromatic carbocycles. The van der Waals surface area contributed by atoms with Crippen LogP contribution in [-0.2, 0) is 0 Å². The van der Waals surface area contributed by atoms with Crippen LogP contribution in [0.25, 0.3) is 0 Å². The standard InChI is InChI=1S/C17H24F2N2/c18-17(19)14-8-6-13(7-9-14)16(11-20)21-10-2-4-12-3-1-5-15(12)21/h6-9,12,15-17H,1-5,10-11,20H2. The van der Waals surface area contributed by atoms with E-state index in [4.69, 9.17) is 5.73 Å². The van der Waals surface area contributed by atoms with Crippen molar-refractivity contribution in [1.29, 1.82) is 0 Å². The van der Waals surface area contributed by atoms with Crippen molar-refractivity contribution in [1.82, 2.24) is 4.90 Å².